The molecule has 0 atom stereocenters. The Kier molecular flexibility index (Phi) is 5.94. The number of hydrogen-bond donors (Lipinski definition) is 1. The molecule has 4 rings (SSSR count). The Morgan fingerprint density at radius 1 is 1.03 bits per heavy atom. The van der Waals surface area contributed by atoms with Crippen molar-refractivity contribution >= 4 is 38.8 Å². The fourth-order valence-corrected chi connectivity index (χ4v) is 3.95. The van der Waals surface area contributed by atoms with Gasteiger partial charge in [0.05, 0.1) is 11.0 Å². The van der Waals surface area contributed by atoms with Crippen molar-refractivity contribution in [2.24, 2.45) is 0 Å². The number of fused-ring (bicyclic) bond motifs is 1. The monoisotopic (exact) mass is 454 g/mol. The summed E-state index contributed by atoms with van der Waals surface area (Å²) < 4.78 is 2.92. The topological polar surface area (TPSA) is 67.2 Å². The molecule has 1 aromatic heterocycles. The highest BCUT2D eigenvalue weighted by atomic mass is 79.9. The van der Waals surface area contributed by atoms with Crippen LogP contribution in [0.1, 0.15) is 29.0 Å². The van der Waals surface area contributed by atoms with Crippen LogP contribution in [0.4, 0.5) is 0 Å². The lowest BCUT2D eigenvalue weighted by Crippen LogP contribution is -2.32. The molecule has 2 heterocycles. The van der Waals surface area contributed by atoms with Crippen molar-refractivity contribution in [2.75, 3.05) is 19.6 Å². The summed E-state index contributed by atoms with van der Waals surface area (Å²) in [6.07, 6.45) is 2.71. The van der Waals surface area contributed by atoms with Gasteiger partial charge in [-0.1, -0.05) is 28.1 Å². The van der Waals surface area contributed by atoms with Gasteiger partial charge in [0.2, 0.25) is 5.91 Å². The number of carbonyl (C=O) groups is 2. The number of imidazole rings is 1. The highest BCUT2D eigenvalue weighted by molar-refractivity contribution is 9.10. The first kappa shape index (κ1) is 19.6. The molecule has 0 saturated carbocycles. The smallest absolute Gasteiger partial charge is 0.251 e. The molecular formula is C22H23BrN4O2. The minimum Gasteiger partial charge on any atom is -0.352 e. The highest BCUT2D eigenvalue weighted by Gasteiger charge is 2.20. The Labute approximate surface area is 178 Å². The third-order valence-corrected chi connectivity index (χ3v) is 5.75. The SMILES string of the molecule is O=C(NCCc1nc2ccccc2n1CC(=O)N1CCCC1)c1ccc(Br)cc1. The standard InChI is InChI=1S/C22H23BrN4O2/c23-17-9-7-16(8-10-17)22(29)24-12-11-20-25-18-5-1-2-6-19(18)27(20)15-21(28)26-13-3-4-14-26/h1-2,5-10H,3-4,11-15H2,(H,24,29). The van der Waals surface area contributed by atoms with Gasteiger partial charge in [0.15, 0.2) is 0 Å². The summed E-state index contributed by atoms with van der Waals surface area (Å²) in [4.78, 5) is 31.7. The van der Waals surface area contributed by atoms with E-state index in [1.165, 1.54) is 0 Å². The van der Waals surface area contributed by atoms with Crippen LogP contribution in [-0.4, -0.2) is 45.9 Å². The quantitative estimate of drug-likeness (QED) is 0.620. The molecule has 0 unspecified atom stereocenters. The summed E-state index contributed by atoms with van der Waals surface area (Å²) >= 11 is 3.37. The maximum Gasteiger partial charge on any atom is 0.251 e. The van der Waals surface area contributed by atoms with Gasteiger partial charge < -0.3 is 14.8 Å². The lowest BCUT2D eigenvalue weighted by Gasteiger charge is -2.17. The van der Waals surface area contributed by atoms with E-state index in [1.54, 1.807) is 12.1 Å². The van der Waals surface area contributed by atoms with Crippen LogP contribution in [0.2, 0.25) is 0 Å². The molecule has 2 aromatic carbocycles. The van der Waals surface area contributed by atoms with Gasteiger partial charge >= 0.3 is 0 Å². The van der Waals surface area contributed by atoms with Crippen molar-refractivity contribution in [3.8, 4) is 0 Å². The van der Waals surface area contributed by atoms with Crippen LogP contribution in [0.15, 0.2) is 53.0 Å². The molecule has 7 heteroatoms. The van der Waals surface area contributed by atoms with Crippen molar-refractivity contribution in [1.29, 1.82) is 0 Å². The van der Waals surface area contributed by atoms with Crippen LogP contribution in [0, 0.1) is 0 Å². The zero-order chi connectivity index (χ0) is 20.2. The molecule has 0 radical (unpaired) electrons. The van der Waals surface area contributed by atoms with Crippen LogP contribution in [0.3, 0.4) is 0 Å². The minimum absolute atomic E-state index is 0.117. The Balaban J connectivity index is 1.47. The number of hydrogen-bond acceptors (Lipinski definition) is 3. The van der Waals surface area contributed by atoms with Crippen LogP contribution in [0.25, 0.3) is 11.0 Å². The van der Waals surface area contributed by atoms with E-state index in [9.17, 15) is 9.59 Å². The van der Waals surface area contributed by atoms with Crippen molar-refractivity contribution in [1.82, 2.24) is 19.8 Å². The third kappa shape index (κ3) is 4.50. The molecule has 1 aliphatic rings. The number of para-hydroxylation sites is 2. The lowest BCUT2D eigenvalue weighted by atomic mass is 10.2. The van der Waals surface area contributed by atoms with E-state index in [1.807, 2.05) is 45.9 Å². The molecule has 0 aliphatic carbocycles. The molecule has 1 N–H and O–H groups in total. The van der Waals surface area contributed by atoms with E-state index >= 15 is 0 Å². The number of rotatable bonds is 6. The van der Waals surface area contributed by atoms with E-state index in [4.69, 9.17) is 4.98 Å². The van der Waals surface area contributed by atoms with Gasteiger partial charge in [0.25, 0.3) is 5.91 Å². The molecular weight excluding hydrogens is 432 g/mol. The second-order valence-corrected chi connectivity index (χ2v) is 8.12. The molecule has 1 saturated heterocycles. The summed E-state index contributed by atoms with van der Waals surface area (Å²) in [5, 5.41) is 2.94. The summed E-state index contributed by atoms with van der Waals surface area (Å²) in [6.45, 7) is 2.42. The van der Waals surface area contributed by atoms with Gasteiger partial charge in [-0.15, -0.1) is 0 Å². The Morgan fingerprint density at radius 2 is 1.76 bits per heavy atom. The van der Waals surface area contributed by atoms with E-state index in [-0.39, 0.29) is 18.4 Å². The normalized spacial score (nSPS) is 13.8. The predicted molar refractivity (Wildman–Crippen MR) is 116 cm³/mol. The molecule has 150 valence electrons. The third-order valence-electron chi connectivity index (χ3n) is 5.23. The van der Waals surface area contributed by atoms with Gasteiger partial charge in [-0.2, -0.15) is 0 Å². The highest BCUT2D eigenvalue weighted by Crippen LogP contribution is 2.18. The average Bonchev–Trinajstić information content (AvgIpc) is 3.37. The molecule has 6 nitrogen and oxygen atoms in total. The van der Waals surface area contributed by atoms with E-state index < -0.39 is 0 Å². The van der Waals surface area contributed by atoms with Crippen molar-refractivity contribution in [2.45, 2.75) is 25.8 Å². The first-order valence-electron chi connectivity index (χ1n) is 9.87. The maximum atomic E-state index is 12.7. The number of likely N-dealkylation sites (tertiary alicyclic amines) is 1. The number of aromatic nitrogens is 2. The van der Waals surface area contributed by atoms with Crippen LogP contribution in [0.5, 0.6) is 0 Å². The van der Waals surface area contributed by atoms with Crippen molar-refractivity contribution in [3.05, 3.63) is 64.4 Å². The molecule has 0 bridgehead atoms. The van der Waals surface area contributed by atoms with Crippen molar-refractivity contribution in [3.63, 3.8) is 0 Å². The number of benzene rings is 2. The summed E-state index contributed by atoms with van der Waals surface area (Å²) in [7, 11) is 0. The van der Waals surface area contributed by atoms with E-state index in [0.29, 0.717) is 18.5 Å². The van der Waals surface area contributed by atoms with E-state index in [0.717, 1.165) is 47.3 Å². The number of nitrogens with zero attached hydrogens (tertiary/aromatic N) is 3. The van der Waals surface area contributed by atoms with Gasteiger partial charge in [-0.25, -0.2) is 4.98 Å². The summed E-state index contributed by atoms with van der Waals surface area (Å²) in [5.41, 5.74) is 2.44. The van der Waals surface area contributed by atoms with E-state index in [2.05, 4.69) is 21.2 Å². The van der Waals surface area contributed by atoms with Gasteiger partial charge in [0, 0.05) is 36.1 Å². The number of nitrogens with one attached hydrogen (secondary N) is 1. The predicted octanol–water partition coefficient (Wildman–Crippen LogP) is 3.39. The second kappa shape index (κ2) is 8.78. The van der Waals surface area contributed by atoms with Crippen LogP contribution >= 0.6 is 15.9 Å². The van der Waals surface area contributed by atoms with Crippen LogP contribution in [-0.2, 0) is 17.8 Å². The molecule has 0 spiro atoms. The maximum absolute atomic E-state index is 12.7. The zero-order valence-electron chi connectivity index (χ0n) is 16.1. The van der Waals surface area contributed by atoms with Crippen molar-refractivity contribution < 1.29 is 9.59 Å². The first-order chi connectivity index (χ1) is 14.1. The molecule has 1 aliphatic heterocycles. The van der Waals surface area contributed by atoms with Gasteiger partial charge in [-0.3, -0.25) is 9.59 Å². The van der Waals surface area contributed by atoms with Crippen LogP contribution < -0.4 is 5.32 Å². The summed E-state index contributed by atoms with van der Waals surface area (Å²) in [6, 6.07) is 15.1. The Morgan fingerprint density at radius 3 is 2.52 bits per heavy atom. The van der Waals surface area contributed by atoms with Gasteiger partial charge in [0.1, 0.15) is 12.4 Å². The lowest BCUT2D eigenvalue weighted by molar-refractivity contribution is -0.130. The molecule has 2 amide bonds. The molecule has 1 fully saturated rings. The molecule has 29 heavy (non-hydrogen) atoms. The number of halogens is 1. The fourth-order valence-electron chi connectivity index (χ4n) is 3.69. The second-order valence-electron chi connectivity index (χ2n) is 7.20. The molecule has 3 aromatic rings. The fraction of sp³-hybridized carbons (Fsp3) is 0.318. The average molecular weight is 455 g/mol. The minimum atomic E-state index is -0.117. The first-order valence-corrected chi connectivity index (χ1v) is 10.7. The Hall–Kier alpha value is -2.67. The Bertz CT molecular complexity index is 1020. The number of amides is 2. The van der Waals surface area contributed by atoms with Gasteiger partial charge in [-0.05, 0) is 49.2 Å². The zero-order valence-corrected chi connectivity index (χ0v) is 17.7. The largest absolute Gasteiger partial charge is 0.352 e. The number of carbonyl (C=O) groups excluding carboxylic acids is 2. The summed E-state index contributed by atoms with van der Waals surface area (Å²) in [5.74, 6) is 0.828.